The molecule has 0 aromatic heterocycles. The van der Waals surface area contributed by atoms with Crippen LogP contribution in [-0.2, 0) is 11.3 Å². The molecule has 0 aliphatic heterocycles. The van der Waals surface area contributed by atoms with E-state index in [1.54, 1.807) is 18.2 Å². The number of methoxy groups -OCH3 is 1. The van der Waals surface area contributed by atoms with E-state index in [1.165, 1.54) is 7.11 Å². The number of hydrogen-bond donors (Lipinski definition) is 1. The van der Waals surface area contributed by atoms with Crippen molar-refractivity contribution >= 4 is 34.9 Å². The van der Waals surface area contributed by atoms with E-state index in [1.807, 2.05) is 25.1 Å². The van der Waals surface area contributed by atoms with Gasteiger partial charge in [-0.25, -0.2) is 4.79 Å². The summed E-state index contributed by atoms with van der Waals surface area (Å²) in [7, 11) is 1.37. The van der Waals surface area contributed by atoms with Gasteiger partial charge in [0.05, 0.1) is 12.7 Å². The third kappa shape index (κ3) is 4.13. The molecular weight excluding hydrogens is 309 g/mol. The van der Waals surface area contributed by atoms with Crippen molar-refractivity contribution < 1.29 is 9.53 Å². The number of carbonyl (C=O) groups is 1. The number of nitrogens with one attached hydrogen (secondary N) is 1. The lowest BCUT2D eigenvalue weighted by Crippen LogP contribution is -2.04. The smallest absolute Gasteiger partial charge is 0.337 e. The number of aryl methyl sites for hydroxylation is 1. The van der Waals surface area contributed by atoms with Crippen molar-refractivity contribution in [3.8, 4) is 0 Å². The molecule has 21 heavy (non-hydrogen) atoms. The second-order valence-corrected chi connectivity index (χ2v) is 5.53. The number of carbonyl (C=O) groups excluding carboxylic acids is 1. The first-order chi connectivity index (χ1) is 9.99. The fourth-order valence-corrected chi connectivity index (χ4v) is 2.59. The van der Waals surface area contributed by atoms with Crippen molar-refractivity contribution in [3.63, 3.8) is 0 Å². The lowest BCUT2D eigenvalue weighted by atomic mass is 10.1. The minimum Gasteiger partial charge on any atom is -0.465 e. The molecule has 0 aliphatic rings. The summed E-state index contributed by atoms with van der Waals surface area (Å²) in [6.07, 6.45) is 0. The molecule has 3 nitrogen and oxygen atoms in total. The minimum atomic E-state index is -0.341. The second kappa shape index (κ2) is 6.83. The van der Waals surface area contributed by atoms with Crippen molar-refractivity contribution in [1.82, 2.24) is 0 Å². The Bertz CT molecular complexity index is 651. The molecular formula is C16H15Cl2NO2. The van der Waals surface area contributed by atoms with Crippen LogP contribution in [0.1, 0.15) is 21.5 Å². The SMILES string of the molecule is COC(=O)c1ccc(NCc2cc(Cl)cc(Cl)c2)c(C)c1. The minimum absolute atomic E-state index is 0.341. The van der Waals surface area contributed by atoms with Crippen molar-refractivity contribution in [1.29, 1.82) is 0 Å². The van der Waals surface area contributed by atoms with Crippen LogP contribution in [0.4, 0.5) is 5.69 Å². The van der Waals surface area contributed by atoms with Gasteiger partial charge in [0.25, 0.3) is 0 Å². The highest BCUT2D eigenvalue weighted by molar-refractivity contribution is 6.34. The van der Waals surface area contributed by atoms with Gasteiger partial charge < -0.3 is 10.1 Å². The molecule has 0 heterocycles. The highest BCUT2D eigenvalue weighted by Gasteiger charge is 2.07. The van der Waals surface area contributed by atoms with Crippen LogP contribution in [0.15, 0.2) is 36.4 Å². The largest absolute Gasteiger partial charge is 0.465 e. The first-order valence-corrected chi connectivity index (χ1v) is 7.13. The zero-order valence-corrected chi connectivity index (χ0v) is 13.3. The zero-order chi connectivity index (χ0) is 15.4. The average Bonchev–Trinajstić information content (AvgIpc) is 2.44. The quantitative estimate of drug-likeness (QED) is 0.829. The maximum Gasteiger partial charge on any atom is 0.337 e. The van der Waals surface area contributed by atoms with E-state index in [0.717, 1.165) is 16.8 Å². The Balaban J connectivity index is 2.11. The number of esters is 1. The topological polar surface area (TPSA) is 38.3 Å². The molecule has 2 rings (SSSR count). The molecule has 1 N–H and O–H groups in total. The second-order valence-electron chi connectivity index (χ2n) is 4.65. The summed E-state index contributed by atoms with van der Waals surface area (Å²) < 4.78 is 4.70. The van der Waals surface area contributed by atoms with Crippen LogP contribution in [0.2, 0.25) is 10.0 Å². The van der Waals surface area contributed by atoms with Crippen LogP contribution in [0.25, 0.3) is 0 Å². The zero-order valence-electron chi connectivity index (χ0n) is 11.7. The Morgan fingerprint density at radius 3 is 2.38 bits per heavy atom. The summed E-state index contributed by atoms with van der Waals surface area (Å²) in [4.78, 5) is 11.5. The van der Waals surface area contributed by atoms with Gasteiger partial charge in [0.2, 0.25) is 0 Å². The van der Waals surface area contributed by atoms with E-state index in [-0.39, 0.29) is 5.97 Å². The summed E-state index contributed by atoms with van der Waals surface area (Å²) in [5.41, 5.74) is 3.43. The van der Waals surface area contributed by atoms with Gasteiger partial charge in [-0.15, -0.1) is 0 Å². The average molecular weight is 324 g/mol. The van der Waals surface area contributed by atoms with Gasteiger partial charge in [0, 0.05) is 22.3 Å². The van der Waals surface area contributed by atoms with E-state index in [0.29, 0.717) is 22.2 Å². The molecule has 5 heteroatoms. The van der Waals surface area contributed by atoms with E-state index in [9.17, 15) is 4.79 Å². The molecule has 0 saturated heterocycles. The summed E-state index contributed by atoms with van der Waals surface area (Å²) in [6, 6.07) is 10.8. The molecule has 2 aromatic carbocycles. The molecule has 0 fully saturated rings. The molecule has 0 bridgehead atoms. The van der Waals surface area contributed by atoms with Crippen molar-refractivity contribution in [2.24, 2.45) is 0 Å². The Labute approximate surface area is 133 Å². The summed E-state index contributed by atoms with van der Waals surface area (Å²) in [6.45, 7) is 2.53. The standard InChI is InChI=1S/C16H15Cl2NO2/c1-10-5-12(16(20)21-2)3-4-15(10)19-9-11-6-13(17)8-14(18)7-11/h3-8,19H,9H2,1-2H3. The number of hydrogen-bond acceptors (Lipinski definition) is 3. The summed E-state index contributed by atoms with van der Waals surface area (Å²) >= 11 is 11.9. The highest BCUT2D eigenvalue weighted by Crippen LogP contribution is 2.21. The monoisotopic (exact) mass is 323 g/mol. The van der Waals surface area contributed by atoms with Crippen LogP contribution >= 0.6 is 23.2 Å². The van der Waals surface area contributed by atoms with Gasteiger partial charge in [-0.1, -0.05) is 23.2 Å². The summed E-state index contributed by atoms with van der Waals surface area (Å²) in [5.74, 6) is -0.341. The normalized spacial score (nSPS) is 10.3. The van der Waals surface area contributed by atoms with E-state index in [2.05, 4.69) is 5.32 Å². The van der Waals surface area contributed by atoms with Crippen LogP contribution in [0.5, 0.6) is 0 Å². The molecule has 0 spiro atoms. The molecule has 110 valence electrons. The van der Waals surface area contributed by atoms with E-state index >= 15 is 0 Å². The summed E-state index contributed by atoms with van der Waals surface area (Å²) in [5, 5.41) is 4.52. The van der Waals surface area contributed by atoms with Gasteiger partial charge in [-0.2, -0.15) is 0 Å². The van der Waals surface area contributed by atoms with Crippen molar-refractivity contribution in [3.05, 3.63) is 63.1 Å². The maximum atomic E-state index is 11.5. The van der Waals surface area contributed by atoms with Crippen LogP contribution in [0, 0.1) is 6.92 Å². The van der Waals surface area contributed by atoms with E-state index < -0.39 is 0 Å². The van der Waals surface area contributed by atoms with Gasteiger partial charge in [0.1, 0.15) is 0 Å². The molecule has 0 saturated carbocycles. The van der Waals surface area contributed by atoms with Crippen LogP contribution in [-0.4, -0.2) is 13.1 Å². The number of anilines is 1. The van der Waals surface area contributed by atoms with Crippen LogP contribution < -0.4 is 5.32 Å². The Morgan fingerprint density at radius 2 is 1.81 bits per heavy atom. The molecule has 0 atom stereocenters. The van der Waals surface area contributed by atoms with Crippen molar-refractivity contribution in [2.75, 3.05) is 12.4 Å². The Hall–Kier alpha value is -1.71. The van der Waals surface area contributed by atoms with Gasteiger partial charge in [0.15, 0.2) is 0 Å². The Kier molecular flexibility index (Phi) is 5.10. The van der Waals surface area contributed by atoms with Gasteiger partial charge in [-0.05, 0) is 54.4 Å². The first-order valence-electron chi connectivity index (χ1n) is 6.37. The predicted octanol–water partition coefficient (Wildman–Crippen LogP) is 4.70. The predicted molar refractivity (Wildman–Crippen MR) is 86.3 cm³/mol. The van der Waals surface area contributed by atoms with Gasteiger partial charge >= 0.3 is 5.97 Å². The number of rotatable bonds is 4. The fraction of sp³-hybridized carbons (Fsp3) is 0.188. The molecule has 0 unspecified atom stereocenters. The highest BCUT2D eigenvalue weighted by atomic mass is 35.5. The maximum absolute atomic E-state index is 11.5. The molecule has 0 radical (unpaired) electrons. The number of benzene rings is 2. The Morgan fingerprint density at radius 1 is 1.14 bits per heavy atom. The number of ether oxygens (including phenoxy) is 1. The van der Waals surface area contributed by atoms with Crippen LogP contribution in [0.3, 0.4) is 0 Å². The lowest BCUT2D eigenvalue weighted by molar-refractivity contribution is 0.0600. The lowest BCUT2D eigenvalue weighted by Gasteiger charge is -2.11. The first kappa shape index (κ1) is 15.7. The van der Waals surface area contributed by atoms with Gasteiger partial charge in [-0.3, -0.25) is 0 Å². The molecule has 2 aromatic rings. The van der Waals surface area contributed by atoms with E-state index in [4.69, 9.17) is 27.9 Å². The third-order valence-electron chi connectivity index (χ3n) is 3.05. The fourth-order valence-electron chi connectivity index (χ4n) is 2.02. The molecule has 0 aliphatic carbocycles. The number of halogens is 2. The molecule has 0 amide bonds. The van der Waals surface area contributed by atoms with Crippen molar-refractivity contribution in [2.45, 2.75) is 13.5 Å². The third-order valence-corrected chi connectivity index (χ3v) is 3.49.